The van der Waals surface area contributed by atoms with Crippen LogP contribution in [0.1, 0.15) is 19.3 Å². The van der Waals surface area contributed by atoms with Crippen molar-refractivity contribution in [2.75, 3.05) is 26.9 Å². The number of ether oxygens (including phenoxy) is 2. The van der Waals surface area contributed by atoms with E-state index in [-0.39, 0.29) is 16.8 Å². The maximum Gasteiger partial charge on any atom is 0.249 e. The zero-order valence-corrected chi connectivity index (χ0v) is 10.6. The Labute approximate surface area is 98.8 Å². The van der Waals surface area contributed by atoms with Crippen molar-refractivity contribution in [1.82, 2.24) is 5.32 Å². The maximum absolute atomic E-state index is 11.6. The first kappa shape index (κ1) is 12.9. The van der Waals surface area contributed by atoms with Gasteiger partial charge in [-0.2, -0.15) is 0 Å². The number of amides is 1. The van der Waals surface area contributed by atoms with Gasteiger partial charge in [0.05, 0.1) is 11.4 Å². The molecule has 5 heteroatoms. The number of carbonyl (C=O) groups excluding carboxylic acids is 1. The molecule has 1 N–H and O–H groups in total. The Morgan fingerprint density at radius 2 is 2.47 bits per heavy atom. The van der Waals surface area contributed by atoms with Crippen molar-refractivity contribution in [3.8, 4) is 0 Å². The summed E-state index contributed by atoms with van der Waals surface area (Å²) in [5.74, 6) is -0.00440. The Morgan fingerprint density at radius 1 is 1.67 bits per heavy atom. The molecule has 1 heterocycles. The van der Waals surface area contributed by atoms with Crippen LogP contribution in [0.4, 0.5) is 0 Å². The van der Waals surface area contributed by atoms with Crippen molar-refractivity contribution in [1.29, 1.82) is 0 Å². The van der Waals surface area contributed by atoms with Crippen molar-refractivity contribution < 1.29 is 14.3 Å². The third-order valence-electron chi connectivity index (χ3n) is 2.32. The van der Waals surface area contributed by atoms with Crippen LogP contribution < -0.4 is 5.32 Å². The normalized spacial score (nSPS) is 23.5. The van der Waals surface area contributed by atoms with E-state index in [0.29, 0.717) is 19.8 Å². The highest BCUT2D eigenvalue weighted by atomic mass is 79.9. The van der Waals surface area contributed by atoms with E-state index in [9.17, 15) is 4.79 Å². The van der Waals surface area contributed by atoms with E-state index in [0.717, 1.165) is 19.3 Å². The van der Waals surface area contributed by atoms with Gasteiger partial charge in [0.15, 0.2) is 0 Å². The number of hydrogen-bond donors (Lipinski definition) is 1. The molecule has 0 bridgehead atoms. The topological polar surface area (TPSA) is 47.6 Å². The molecule has 0 spiro atoms. The van der Waals surface area contributed by atoms with E-state index in [1.54, 1.807) is 7.11 Å². The summed E-state index contributed by atoms with van der Waals surface area (Å²) in [4.78, 5) is 11.8. The largest absolute Gasteiger partial charge is 0.383 e. The van der Waals surface area contributed by atoms with E-state index < -0.39 is 0 Å². The molecule has 0 saturated carbocycles. The molecular weight excluding hydrogens is 262 g/mol. The van der Waals surface area contributed by atoms with Gasteiger partial charge in [0.25, 0.3) is 0 Å². The molecule has 0 aromatic carbocycles. The van der Waals surface area contributed by atoms with E-state index >= 15 is 0 Å². The second kappa shape index (κ2) is 7.19. The van der Waals surface area contributed by atoms with Crippen LogP contribution in [0.15, 0.2) is 0 Å². The molecule has 0 aromatic rings. The molecule has 0 radical (unpaired) electrons. The van der Waals surface area contributed by atoms with Gasteiger partial charge in [-0.25, -0.2) is 0 Å². The molecule has 1 saturated heterocycles. The molecule has 2 atom stereocenters. The smallest absolute Gasteiger partial charge is 0.249 e. The SMILES string of the molecule is COCC(Br)CNC(=O)C1CCCCO1. The third-order valence-corrected chi connectivity index (χ3v) is 2.91. The standard InChI is InChI=1S/C10H18BrNO3/c1-14-7-8(11)6-12-10(13)9-4-2-3-5-15-9/h8-9H,2-7H2,1H3,(H,12,13). The molecule has 1 aliphatic heterocycles. The van der Waals surface area contributed by atoms with Crippen molar-refractivity contribution in [3.05, 3.63) is 0 Å². The van der Waals surface area contributed by atoms with Crippen molar-refractivity contribution in [2.45, 2.75) is 30.2 Å². The van der Waals surface area contributed by atoms with Gasteiger partial charge < -0.3 is 14.8 Å². The Kier molecular flexibility index (Phi) is 6.20. The Balaban J connectivity index is 2.16. The maximum atomic E-state index is 11.6. The zero-order valence-electron chi connectivity index (χ0n) is 9.00. The number of halogens is 1. The number of nitrogens with one attached hydrogen (secondary N) is 1. The first-order valence-electron chi connectivity index (χ1n) is 5.26. The van der Waals surface area contributed by atoms with E-state index in [1.807, 2.05) is 0 Å². The molecule has 88 valence electrons. The van der Waals surface area contributed by atoms with Gasteiger partial charge in [-0.15, -0.1) is 0 Å². The van der Waals surface area contributed by atoms with E-state index in [4.69, 9.17) is 9.47 Å². The lowest BCUT2D eigenvalue weighted by molar-refractivity contribution is -0.135. The van der Waals surface area contributed by atoms with Crippen LogP contribution in [0, 0.1) is 0 Å². The number of alkyl halides is 1. The Hall–Kier alpha value is -0.130. The van der Waals surface area contributed by atoms with Gasteiger partial charge in [0.2, 0.25) is 5.91 Å². The van der Waals surface area contributed by atoms with Gasteiger partial charge in [0.1, 0.15) is 6.10 Å². The van der Waals surface area contributed by atoms with Gasteiger partial charge in [0, 0.05) is 20.3 Å². The Morgan fingerprint density at radius 3 is 3.07 bits per heavy atom. The first-order valence-corrected chi connectivity index (χ1v) is 6.18. The number of hydrogen-bond acceptors (Lipinski definition) is 3. The highest BCUT2D eigenvalue weighted by Crippen LogP contribution is 2.12. The predicted octanol–water partition coefficient (Wildman–Crippen LogP) is 1.08. The molecular formula is C10H18BrNO3. The summed E-state index contributed by atoms with van der Waals surface area (Å²) >= 11 is 3.41. The van der Waals surface area contributed by atoms with Gasteiger partial charge in [-0.05, 0) is 19.3 Å². The Bertz CT molecular complexity index is 195. The summed E-state index contributed by atoms with van der Waals surface area (Å²) in [6.07, 6.45) is 2.73. The number of carbonyl (C=O) groups is 1. The molecule has 0 aliphatic carbocycles. The minimum atomic E-state index is -0.249. The molecule has 0 aromatic heterocycles. The van der Waals surface area contributed by atoms with Crippen molar-refractivity contribution in [2.24, 2.45) is 0 Å². The molecule has 1 aliphatic rings. The summed E-state index contributed by atoms with van der Waals surface area (Å²) in [7, 11) is 1.64. The first-order chi connectivity index (χ1) is 7.24. The lowest BCUT2D eigenvalue weighted by Gasteiger charge is -2.22. The van der Waals surface area contributed by atoms with Crippen LogP contribution in [0.3, 0.4) is 0 Å². The third kappa shape index (κ3) is 4.95. The average molecular weight is 280 g/mol. The van der Waals surface area contributed by atoms with Crippen molar-refractivity contribution in [3.63, 3.8) is 0 Å². The van der Waals surface area contributed by atoms with Crippen molar-refractivity contribution >= 4 is 21.8 Å². The predicted molar refractivity (Wildman–Crippen MR) is 61.2 cm³/mol. The quantitative estimate of drug-likeness (QED) is 0.767. The molecule has 1 amide bonds. The summed E-state index contributed by atoms with van der Waals surface area (Å²) in [6.45, 7) is 1.87. The fourth-order valence-electron chi connectivity index (χ4n) is 1.51. The molecule has 1 fully saturated rings. The van der Waals surface area contributed by atoms with Crippen LogP contribution in [-0.2, 0) is 14.3 Å². The minimum absolute atomic E-state index is 0.00440. The van der Waals surface area contributed by atoms with Crippen LogP contribution in [0.5, 0.6) is 0 Å². The summed E-state index contributed by atoms with van der Waals surface area (Å²) in [6, 6.07) is 0. The van der Waals surface area contributed by atoms with Crippen LogP contribution >= 0.6 is 15.9 Å². The van der Waals surface area contributed by atoms with Crippen LogP contribution in [0.2, 0.25) is 0 Å². The number of methoxy groups -OCH3 is 1. The molecule has 15 heavy (non-hydrogen) atoms. The minimum Gasteiger partial charge on any atom is -0.383 e. The lowest BCUT2D eigenvalue weighted by Crippen LogP contribution is -2.41. The molecule has 4 nitrogen and oxygen atoms in total. The van der Waals surface area contributed by atoms with E-state index in [2.05, 4.69) is 21.2 Å². The summed E-state index contributed by atoms with van der Waals surface area (Å²) in [5.41, 5.74) is 0. The summed E-state index contributed by atoms with van der Waals surface area (Å²) < 4.78 is 10.3. The second-order valence-corrected chi connectivity index (χ2v) is 4.95. The van der Waals surface area contributed by atoms with Crippen LogP contribution in [0.25, 0.3) is 0 Å². The highest BCUT2D eigenvalue weighted by Gasteiger charge is 2.21. The fraction of sp³-hybridized carbons (Fsp3) is 0.900. The highest BCUT2D eigenvalue weighted by molar-refractivity contribution is 9.09. The molecule has 2 unspecified atom stereocenters. The van der Waals surface area contributed by atoms with Gasteiger partial charge in [-0.3, -0.25) is 4.79 Å². The zero-order chi connectivity index (χ0) is 11.1. The number of rotatable bonds is 5. The monoisotopic (exact) mass is 279 g/mol. The van der Waals surface area contributed by atoms with Gasteiger partial charge >= 0.3 is 0 Å². The van der Waals surface area contributed by atoms with E-state index in [1.165, 1.54) is 0 Å². The van der Waals surface area contributed by atoms with Gasteiger partial charge in [-0.1, -0.05) is 15.9 Å². The average Bonchev–Trinajstić information content (AvgIpc) is 2.27. The summed E-state index contributed by atoms with van der Waals surface area (Å²) in [5, 5.41) is 2.85. The second-order valence-electron chi connectivity index (χ2n) is 3.65. The molecule has 1 rings (SSSR count). The van der Waals surface area contributed by atoms with Crippen LogP contribution in [-0.4, -0.2) is 43.7 Å². The fourth-order valence-corrected chi connectivity index (χ4v) is 1.94. The lowest BCUT2D eigenvalue weighted by atomic mass is 10.1.